The van der Waals surface area contributed by atoms with Crippen molar-refractivity contribution in [3.63, 3.8) is 0 Å². The zero-order chi connectivity index (χ0) is 22.6. The van der Waals surface area contributed by atoms with Gasteiger partial charge in [0, 0.05) is 19.2 Å². The van der Waals surface area contributed by atoms with Crippen molar-refractivity contribution in [3.05, 3.63) is 53.8 Å². The summed E-state index contributed by atoms with van der Waals surface area (Å²) in [4.78, 5) is 12.9. The van der Waals surface area contributed by atoms with Crippen LogP contribution >= 0.6 is 0 Å². The number of rotatable bonds is 7. The van der Waals surface area contributed by atoms with Crippen molar-refractivity contribution < 1.29 is 27.1 Å². The highest BCUT2D eigenvalue weighted by atomic mass is 32.2. The molecule has 7 nitrogen and oxygen atoms in total. The van der Waals surface area contributed by atoms with E-state index in [0.717, 1.165) is 5.56 Å². The Hall–Kier alpha value is -2.65. The normalized spacial score (nSPS) is 18.3. The van der Waals surface area contributed by atoms with Crippen LogP contribution in [-0.4, -0.2) is 45.9 Å². The summed E-state index contributed by atoms with van der Waals surface area (Å²) >= 11 is 0. The number of piperidine rings is 1. The highest BCUT2D eigenvalue weighted by Crippen LogP contribution is 2.32. The molecule has 2 atom stereocenters. The molecular weight excluding hydrogens is 423 g/mol. The van der Waals surface area contributed by atoms with Crippen LogP contribution < -0.4 is 14.8 Å². The lowest BCUT2D eigenvalue weighted by Crippen LogP contribution is -2.45. The van der Waals surface area contributed by atoms with Gasteiger partial charge in [-0.1, -0.05) is 12.1 Å². The van der Waals surface area contributed by atoms with Gasteiger partial charge in [-0.15, -0.1) is 0 Å². The summed E-state index contributed by atoms with van der Waals surface area (Å²) in [5.74, 6) is -0.267. The lowest BCUT2D eigenvalue weighted by Gasteiger charge is -2.32. The zero-order valence-corrected chi connectivity index (χ0v) is 18.6. The molecule has 1 amide bonds. The molecule has 0 bridgehead atoms. The van der Waals surface area contributed by atoms with Gasteiger partial charge in [0.1, 0.15) is 5.82 Å². The van der Waals surface area contributed by atoms with E-state index in [1.807, 2.05) is 6.92 Å². The summed E-state index contributed by atoms with van der Waals surface area (Å²) in [5, 5.41) is 2.91. The molecule has 0 aromatic heterocycles. The second kappa shape index (κ2) is 9.65. The first-order chi connectivity index (χ1) is 14.8. The third-order valence-corrected chi connectivity index (χ3v) is 7.34. The van der Waals surface area contributed by atoms with E-state index in [9.17, 15) is 17.6 Å². The average Bonchev–Trinajstić information content (AvgIpc) is 2.78. The van der Waals surface area contributed by atoms with Gasteiger partial charge in [-0.25, -0.2) is 12.8 Å². The molecule has 1 N–H and O–H groups in total. The van der Waals surface area contributed by atoms with Crippen molar-refractivity contribution >= 4 is 15.9 Å². The summed E-state index contributed by atoms with van der Waals surface area (Å²) in [7, 11) is -0.874. The number of ether oxygens (including phenoxy) is 2. The Morgan fingerprint density at radius 1 is 1.13 bits per heavy atom. The molecule has 0 aliphatic carbocycles. The monoisotopic (exact) mass is 450 g/mol. The summed E-state index contributed by atoms with van der Waals surface area (Å²) in [5.41, 5.74) is 0.778. The molecule has 0 radical (unpaired) electrons. The van der Waals surface area contributed by atoms with Gasteiger partial charge in [0.05, 0.1) is 31.1 Å². The first-order valence-electron chi connectivity index (χ1n) is 10.0. The van der Waals surface area contributed by atoms with Gasteiger partial charge in [0.25, 0.3) is 0 Å². The lowest BCUT2D eigenvalue weighted by atomic mass is 9.98. The number of amides is 1. The fraction of sp³-hybridized carbons (Fsp3) is 0.409. The van der Waals surface area contributed by atoms with Gasteiger partial charge < -0.3 is 14.8 Å². The minimum atomic E-state index is -3.80. The highest BCUT2D eigenvalue weighted by Gasteiger charge is 2.34. The minimum Gasteiger partial charge on any atom is -0.493 e. The molecule has 2 aromatic rings. The van der Waals surface area contributed by atoms with Gasteiger partial charge in [-0.3, -0.25) is 4.79 Å². The number of nitrogens with one attached hydrogen (secondary N) is 1. The second-order valence-corrected chi connectivity index (χ2v) is 9.44. The van der Waals surface area contributed by atoms with E-state index in [1.165, 1.54) is 42.8 Å². The predicted molar refractivity (Wildman–Crippen MR) is 114 cm³/mol. The van der Waals surface area contributed by atoms with Gasteiger partial charge in [-0.2, -0.15) is 4.31 Å². The fourth-order valence-corrected chi connectivity index (χ4v) is 5.21. The maximum atomic E-state index is 13.2. The molecule has 0 unspecified atom stereocenters. The molecule has 1 saturated heterocycles. The van der Waals surface area contributed by atoms with Gasteiger partial charge in [0.2, 0.25) is 15.9 Å². The molecule has 1 fully saturated rings. The Morgan fingerprint density at radius 3 is 2.45 bits per heavy atom. The maximum absolute atomic E-state index is 13.2. The Bertz CT molecular complexity index is 1030. The van der Waals surface area contributed by atoms with Gasteiger partial charge in [0.15, 0.2) is 11.5 Å². The molecule has 9 heteroatoms. The Balaban J connectivity index is 1.71. The molecule has 0 saturated carbocycles. The van der Waals surface area contributed by atoms with Crippen LogP contribution in [0.2, 0.25) is 0 Å². The largest absolute Gasteiger partial charge is 0.493 e. The van der Waals surface area contributed by atoms with Crippen molar-refractivity contribution in [2.45, 2.75) is 30.7 Å². The van der Waals surface area contributed by atoms with Crippen LogP contribution in [0.1, 0.15) is 31.4 Å². The van der Waals surface area contributed by atoms with Crippen LogP contribution in [0.5, 0.6) is 11.5 Å². The number of hydrogen-bond donors (Lipinski definition) is 1. The van der Waals surface area contributed by atoms with E-state index in [2.05, 4.69) is 5.32 Å². The second-order valence-electron chi connectivity index (χ2n) is 7.50. The Kier molecular flexibility index (Phi) is 7.17. The van der Waals surface area contributed by atoms with E-state index in [1.54, 1.807) is 18.2 Å². The van der Waals surface area contributed by atoms with Crippen LogP contribution in [0.3, 0.4) is 0 Å². The molecule has 1 aliphatic rings. The van der Waals surface area contributed by atoms with Crippen molar-refractivity contribution in [2.75, 3.05) is 27.3 Å². The lowest BCUT2D eigenvalue weighted by molar-refractivity contribution is -0.126. The standard InChI is InChI=1S/C22H27FN2O5S/c1-15(16-6-8-18(23)9-7-16)24-22(26)17-5-4-12-25(14-17)31(27,28)19-10-11-20(29-2)21(13-19)30-3/h6-11,13,15,17H,4-5,12,14H2,1-3H3,(H,24,26)/t15-,17-/m1/s1. The third kappa shape index (κ3) is 5.16. The molecule has 3 rings (SSSR count). The number of methoxy groups -OCH3 is 2. The molecule has 31 heavy (non-hydrogen) atoms. The first-order valence-corrected chi connectivity index (χ1v) is 11.5. The number of halogens is 1. The van der Waals surface area contributed by atoms with E-state index >= 15 is 0 Å². The zero-order valence-electron chi connectivity index (χ0n) is 17.8. The van der Waals surface area contributed by atoms with E-state index in [4.69, 9.17) is 9.47 Å². The van der Waals surface area contributed by atoms with Crippen LogP contribution in [0.4, 0.5) is 4.39 Å². The van der Waals surface area contributed by atoms with E-state index in [0.29, 0.717) is 30.9 Å². The van der Waals surface area contributed by atoms with E-state index in [-0.39, 0.29) is 29.2 Å². The summed E-state index contributed by atoms with van der Waals surface area (Å²) in [6.07, 6.45) is 1.18. The first kappa shape index (κ1) is 23.0. The fourth-order valence-electron chi connectivity index (χ4n) is 3.67. The molecule has 168 valence electrons. The predicted octanol–water partition coefficient (Wildman–Crippen LogP) is 3.12. The van der Waals surface area contributed by atoms with Gasteiger partial charge in [-0.05, 0) is 49.6 Å². The number of hydrogen-bond acceptors (Lipinski definition) is 5. The summed E-state index contributed by atoms with van der Waals surface area (Å²) in [6, 6.07) is 10.1. The van der Waals surface area contributed by atoms with Crippen molar-refractivity contribution in [1.82, 2.24) is 9.62 Å². The van der Waals surface area contributed by atoms with Crippen LogP contribution in [-0.2, 0) is 14.8 Å². The van der Waals surface area contributed by atoms with Crippen LogP contribution in [0, 0.1) is 11.7 Å². The maximum Gasteiger partial charge on any atom is 0.243 e. The average molecular weight is 451 g/mol. The smallest absolute Gasteiger partial charge is 0.243 e. The van der Waals surface area contributed by atoms with Crippen molar-refractivity contribution in [3.8, 4) is 11.5 Å². The quantitative estimate of drug-likeness (QED) is 0.701. The number of benzene rings is 2. The number of nitrogens with zero attached hydrogens (tertiary/aromatic N) is 1. The summed E-state index contributed by atoms with van der Waals surface area (Å²) in [6.45, 7) is 2.25. The highest BCUT2D eigenvalue weighted by molar-refractivity contribution is 7.89. The molecule has 0 spiro atoms. The van der Waals surface area contributed by atoms with Crippen LogP contribution in [0.25, 0.3) is 0 Å². The Labute approximate surface area is 182 Å². The number of carbonyl (C=O) groups is 1. The van der Waals surface area contributed by atoms with Crippen LogP contribution in [0.15, 0.2) is 47.4 Å². The summed E-state index contributed by atoms with van der Waals surface area (Å²) < 4.78 is 51.2. The van der Waals surface area contributed by atoms with E-state index < -0.39 is 15.9 Å². The van der Waals surface area contributed by atoms with Crippen molar-refractivity contribution in [1.29, 1.82) is 0 Å². The van der Waals surface area contributed by atoms with Crippen molar-refractivity contribution in [2.24, 2.45) is 5.92 Å². The number of carbonyl (C=O) groups excluding carboxylic acids is 1. The molecule has 2 aromatic carbocycles. The topological polar surface area (TPSA) is 84.9 Å². The third-order valence-electron chi connectivity index (χ3n) is 5.48. The SMILES string of the molecule is COc1ccc(S(=O)(=O)N2CCC[C@@H](C(=O)N[C@H](C)c3ccc(F)cc3)C2)cc1OC. The Morgan fingerprint density at radius 2 is 1.81 bits per heavy atom. The molecule has 1 aliphatic heterocycles. The molecular formula is C22H27FN2O5S. The minimum absolute atomic E-state index is 0.0888. The molecule has 1 heterocycles. The number of sulfonamides is 1. The van der Waals surface area contributed by atoms with Gasteiger partial charge >= 0.3 is 0 Å².